The van der Waals surface area contributed by atoms with Crippen molar-refractivity contribution in [2.75, 3.05) is 5.88 Å². The number of carbonyl (C=O) groups excluding carboxylic acids is 2. The van der Waals surface area contributed by atoms with Crippen LogP contribution in [0.5, 0.6) is 0 Å². The maximum Gasteiger partial charge on any atom is 0.463 e. The SMILES string of the molecule is CC(C)CC(NC(=O)C(F)(F)C(F)(F)F)C(=O)CCl. The van der Waals surface area contributed by atoms with Crippen molar-refractivity contribution >= 4 is 23.3 Å². The Bertz CT molecular complexity index is 343. The van der Waals surface area contributed by atoms with Crippen molar-refractivity contribution in [1.29, 1.82) is 0 Å². The number of hydrogen-bond donors (Lipinski definition) is 1. The summed E-state index contributed by atoms with van der Waals surface area (Å²) in [6.45, 7) is 3.23. The van der Waals surface area contributed by atoms with Crippen LogP contribution in [0.2, 0.25) is 0 Å². The predicted octanol–water partition coefficient (Wildman–Crippen LogP) is 2.52. The van der Waals surface area contributed by atoms with E-state index in [4.69, 9.17) is 11.6 Å². The molecule has 0 aliphatic carbocycles. The summed E-state index contributed by atoms with van der Waals surface area (Å²) in [7, 11) is 0. The average Bonchev–Trinajstić information content (AvgIpc) is 2.24. The van der Waals surface area contributed by atoms with Gasteiger partial charge in [0.15, 0.2) is 5.78 Å². The molecule has 0 saturated heterocycles. The van der Waals surface area contributed by atoms with Gasteiger partial charge in [-0.25, -0.2) is 0 Å². The Kier molecular flexibility index (Phi) is 6.18. The first-order valence-electron chi connectivity index (χ1n) is 5.27. The molecule has 1 atom stereocenters. The highest BCUT2D eigenvalue weighted by Crippen LogP contribution is 2.35. The summed E-state index contributed by atoms with van der Waals surface area (Å²) in [5.74, 6) is -9.70. The second kappa shape index (κ2) is 6.49. The quantitative estimate of drug-likeness (QED) is 0.605. The lowest BCUT2D eigenvalue weighted by atomic mass is 10.0. The number of hydrogen-bond acceptors (Lipinski definition) is 2. The van der Waals surface area contributed by atoms with E-state index in [0.29, 0.717) is 0 Å². The first-order valence-corrected chi connectivity index (χ1v) is 5.81. The number of halogens is 6. The third-order valence-electron chi connectivity index (χ3n) is 2.17. The minimum absolute atomic E-state index is 0.0781. The summed E-state index contributed by atoms with van der Waals surface area (Å²) in [6.07, 6.45) is -6.09. The van der Waals surface area contributed by atoms with Crippen LogP contribution in [0.3, 0.4) is 0 Å². The van der Waals surface area contributed by atoms with Crippen molar-refractivity contribution in [2.24, 2.45) is 5.92 Å². The first-order chi connectivity index (χ1) is 8.43. The smallest absolute Gasteiger partial charge is 0.341 e. The highest BCUT2D eigenvalue weighted by Gasteiger charge is 2.63. The second-order valence-corrected chi connectivity index (χ2v) is 4.59. The number of Topliss-reactive ketones (excluding diaryl/α,β-unsaturated/α-hetero) is 1. The molecule has 112 valence electrons. The molecular weight excluding hydrogens is 297 g/mol. The van der Waals surface area contributed by atoms with E-state index in [9.17, 15) is 31.5 Å². The summed E-state index contributed by atoms with van der Waals surface area (Å²) < 4.78 is 61.3. The highest BCUT2D eigenvalue weighted by molar-refractivity contribution is 6.28. The number of carbonyl (C=O) groups is 2. The molecular formula is C10H13ClF5NO2. The normalized spacial score (nSPS) is 14.4. The number of ketones is 1. The summed E-state index contributed by atoms with van der Waals surface area (Å²) in [5, 5.41) is 1.40. The molecule has 19 heavy (non-hydrogen) atoms. The van der Waals surface area contributed by atoms with E-state index < -0.39 is 35.7 Å². The van der Waals surface area contributed by atoms with Crippen molar-refractivity contribution in [2.45, 2.75) is 38.4 Å². The third kappa shape index (κ3) is 4.93. The van der Waals surface area contributed by atoms with Gasteiger partial charge in [-0.15, -0.1) is 11.6 Å². The van der Waals surface area contributed by atoms with E-state index in [2.05, 4.69) is 0 Å². The van der Waals surface area contributed by atoms with Crippen molar-refractivity contribution < 1.29 is 31.5 Å². The standard InChI is InChI=1S/C10H13ClF5NO2/c1-5(2)3-6(7(18)4-11)17-8(19)9(12,13)10(14,15)16/h5-6H,3-4H2,1-2H3,(H,17,19). The van der Waals surface area contributed by atoms with Crippen LogP contribution < -0.4 is 5.32 Å². The van der Waals surface area contributed by atoms with Gasteiger partial charge in [-0.2, -0.15) is 22.0 Å². The zero-order valence-electron chi connectivity index (χ0n) is 10.2. The Morgan fingerprint density at radius 2 is 1.63 bits per heavy atom. The van der Waals surface area contributed by atoms with Gasteiger partial charge in [-0.1, -0.05) is 13.8 Å². The molecule has 1 N–H and O–H groups in total. The van der Waals surface area contributed by atoms with Gasteiger partial charge in [0.25, 0.3) is 0 Å². The van der Waals surface area contributed by atoms with Crippen molar-refractivity contribution in [1.82, 2.24) is 5.32 Å². The summed E-state index contributed by atoms with van der Waals surface area (Å²) in [6, 6.07) is -1.46. The van der Waals surface area contributed by atoms with Gasteiger partial charge in [0.1, 0.15) is 0 Å². The minimum Gasteiger partial charge on any atom is -0.341 e. The highest BCUT2D eigenvalue weighted by atomic mass is 35.5. The minimum atomic E-state index is -6.01. The van der Waals surface area contributed by atoms with E-state index in [1.807, 2.05) is 0 Å². The molecule has 0 aliphatic heterocycles. The predicted molar refractivity (Wildman–Crippen MR) is 58.1 cm³/mol. The molecule has 0 rings (SSSR count). The van der Waals surface area contributed by atoms with Gasteiger partial charge in [0.05, 0.1) is 11.9 Å². The summed E-state index contributed by atoms with van der Waals surface area (Å²) >= 11 is 5.21. The average molecular weight is 310 g/mol. The molecule has 1 amide bonds. The van der Waals surface area contributed by atoms with Gasteiger partial charge in [-0.05, 0) is 12.3 Å². The number of nitrogens with one attached hydrogen (secondary N) is 1. The molecule has 0 saturated carbocycles. The molecule has 0 aliphatic rings. The van der Waals surface area contributed by atoms with Crippen molar-refractivity contribution in [3.05, 3.63) is 0 Å². The van der Waals surface area contributed by atoms with Crippen LogP contribution in [0.1, 0.15) is 20.3 Å². The molecule has 3 nitrogen and oxygen atoms in total. The van der Waals surface area contributed by atoms with Crippen LogP contribution in [0, 0.1) is 5.92 Å². The van der Waals surface area contributed by atoms with E-state index in [-0.39, 0.29) is 12.3 Å². The second-order valence-electron chi connectivity index (χ2n) is 4.33. The molecule has 0 fully saturated rings. The molecule has 0 aromatic carbocycles. The van der Waals surface area contributed by atoms with Crippen molar-refractivity contribution in [3.63, 3.8) is 0 Å². The zero-order valence-corrected chi connectivity index (χ0v) is 10.9. The molecule has 1 unspecified atom stereocenters. The van der Waals surface area contributed by atoms with Crippen LogP contribution in [-0.4, -0.2) is 35.7 Å². The number of rotatable bonds is 6. The Morgan fingerprint density at radius 1 is 1.16 bits per heavy atom. The summed E-state index contributed by atoms with van der Waals surface area (Å²) in [4.78, 5) is 22.2. The lowest BCUT2D eigenvalue weighted by molar-refractivity contribution is -0.270. The van der Waals surface area contributed by atoms with Crippen LogP contribution in [0.4, 0.5) is 22.0 Å². The topological polar surface area (TPSA) is 46.2 Å². The maximum atomic E-state index is 12.7. The maximum absolute atomic E-state index is 12.7. The molecule has 0 spiro atoms. The van der Waals surface area contributed by atoms with E-state index in [0.717, 1.165) is 0 Å². The fraction of sp³-hybridized carbons (Fsp3) is 0.800. The Labute approximate surface area is 111 Å². The van der Waals surface area contributed by atoms with E-state index >= 15 is 0 Å². The molecule has 0 aromatic rings. The van der Waals surface area contributed by atoms with Crippen LogP contribution in [0.25, 0.3) is 0 Å². The molecule has 9 heteroatoms. The largest absolute Gasteiger partial charge is 0.463 e. The lowest BCUT2D eigenvalue weighted by Gasteiger charge is -2.23. The fourth-order valence-electron chi connectivity index (χ4n) is 1.21. The van der Waals surface area contributed by atoms with Crippen molar-refractivity contribution in [3.8, 4) is 0 Å². The Hall–Kier alpha value is -0.920. The Balaban J connectivity index is 4.96. The molecule has 0 radical (unpaired) electrons. The number of amides is 1. The van der Waals surface area contributed by atoms with Crippen LogP contribution in [-0.2, 0) is 9.59 Å². The Morgan fingerprint density at radius 3 is 1.95 bits per heavy atom. The van der Waals surface area contributed by atoms with Gasteiger partial charge in [-0.3, -0.25) is 9.59 Å². The van der Waals surface area contributed by atoms with Crippen LogP contribution >= 0.6 is 11.6 Å². The number of alkyl halides is 6. The first kappa shape index (κ1) is 18.1. The molecule has 0 bridgehead atoms. The third-order valence-corrected chi connectivity index (χ3v) is 2.44. The zero-order chi connectivity index (χ0) is 15.4. The van der Waals surface area contributed by atoms with Gasteiger partial charge in [0, 0.05) is 0 Å². The monoisotopic (exact) mass is 309 g/mol. The summed E-state index contributed by atoms with van der Waals surface area (Å²) in [5.41, 5.74) is 0. The molecule has 0 heterocycles. The van der Waals surface area contributed by atoms with Gasteiger partial charge >= 0.3 is 18.0 Å². The lowest BCUT2D eigenvalue weighted by Crippen LogP contribution is -2.55. The van der Waals surface area contributed by atoms with Gasteiger partial charge in [0.2, 0.25) is 0 Å². The van der Waals surface area contributed by atoms with Crippen LogP contribution in [0.15, 0.2) is 0 Å². The fourth-order valence-corrected chi connectivity index (χ4v) is 1.40. The molecule has 0 aromatic heterocycles. The van der Waals surface area contributed by atoms with E-state index in [1.54, 1.807) is 13.8 Å². The van der Waals surface area contributed by atoms with Gasteiger partial charge < -0.3 is 5.32 Å². The van der Waals surface area contributed by atoms with E-state index in [1.165, 1.54) is 5.32 Å².